The van der Waals surface area contributed by atoms with Gasteiger partial charge in [-0.2, -0.15) is 0 Å². The summed E-state index contributed by atoms with van der Waals surface area (Å²) in [5.41, 5.74) is 3.61. The van der Waals surface area contributed by atoms with E-state index in [0.29, 0.717) is 34.5 Å². The van der Waals surface area contributed by atoms with Crippen LogP contribution >= 0.6 is 0 Å². The number of carboxylic acid groups (broad SMARTS) is 1. The minimum Gasteiger partial charge on any atom is -0.479 e. The van der Waals surface area contributed by atoms with Crippen LogP contribution in [0.1, 0.15) is 44.3 Å². The maximum atomic E-state index is 13.4. The van der Waals surface area contributed by atoms with Gasteiger partial charge in [0.1, 0.15) is 0 Å². The highest BCUT2D eigenvalue weighted by Crippen LogP contribution is 2.33. The molecular weight excluding hydrogens is 536 g/mol. The minimum atomic E-state index is -1.57. The molecular formula is C37H32N2O4. The fourth-order valence-corrected chi connectivity index (χ4v) is 5.04. The van der Waals surface area contributed by atoms with E-state index in [9.17, 15) is 19.5 Å². The van der Waals surface area contributed by atoms with Crippen molar-refractivity contribution in [2.24, 2.45) is 0 Å². The Morgan fingerprint density at radius 2 is 1.28 bits per heavy atom. The first-order valence-electron chi connectivity index (χ1n) is 14.0. The molecule has 0 aliphatic rings. The van der Waals surface area contributed by atoms with Crippen molar-refractivity contribution in [1.82, 2.24) is 5.32 Å². The van der Waals surface area contributed by atoms with Gasteiger partial charge in [0.05, 0.1) is 6.54 Å². The molecule has 0 aromatic heterocycles. The van der Waals surface area contributed by atoms with E-state index >= 15 is 0 Å². The van der Waals surface area contributed by atoms with E-state index in [2.05, 4.69) is 10.6 Å². The number of rotatable bonds is 12. The van der Waals surface area contributed by atoms with Crippen LogP contribution in [0.3, 0.4) is 0 Å². The van der Waals surface area contributed by atoms with Crippen LogP contribution in [0.2, 0.25) is 0 Å². The Balaban J connectivity index is 1.48. The fraction of sp³-hybridized carbons (Fsp3) is 0.108. The van der Waals surface area contributed by atoms with E-state index in [-0.39, 0.29) is 18.1 Å². The summed E-state index contributed by atoms with van der Waals surface area (Å²) in [4.78, 5) is 39.0. The lowest BCUT2D eigenvalue weighted by molar-refractivity contribution is -0.142. The molecule has 0 radical (unpaired) electrons. The summed E-state index contributed by atoms with van der Waals surface area (Å²) in [6.45, 7) is 2.06. The molecule has 43 heavy (non-hydrogen) atoms. The number of anilines is 1. The molecule has 5 rings (SSSR count). The first kappa shape index (κ1) is 29.2. The molecule has 0 aliphatic carbocycles. The lowest BCUT2D eigenvalue weighted by atomic mass is 9.87. The van der Waals surface area contributed by atoms with Gasteiger partial charge in [0.15, 0.2) is 17.1 Å². The second-order valence-corrected chi connectivity index (χ2v) is 10.4. The largest absolute Gasteiger partial charge is 0.479 e. The number of hydrogen-bond acceptors (Lipinski definition) is 5. The van der Waals surface area contributed by atoms with Crippen LogP contribution in [0.15, 0.2) is 133 Å². The normalized spacial score (nSPS) is 12.2. The average molecular weight is 569 g/mol. The van der Waals surface area contributed by atoms with Crippen molar-refractivity contribution in [3.05, 3.63) is 161 Å². The fourth-order valence-electron chi connectivity index (χ4n) is 5.04. The highest BCUT2D eigenvalue weighted by molar-refractivity contribution is 6.12. The summed E-state index contributed by atoms with van der Waals surface area (Å²) in [5.74, 6) is -1.33. The Labute approximate surface area is 251 Å². The van der Waals surface area contributed by atoms with E-state index in [4.69, 9.17) is 0 Å². The third kappa shape index (κ3) is 6.61. The number of aliphatic carboxylic acids is 1. The highest BCUT2D eigenvalue weighted by Gasteiger charge is 2.36. The van der Waals surface area contributed by atoms with Gasteiger partial charge in [-0.1, -0.05) is 121 Å². The molecule has 0 fully saturated rings. The highest BCUT2D eigenvalue weighted by atomic mass is 16.4. The number of hydrogen-bond donors (Lipinski definition) is 3. The molecule has 6 nitrogen and oxygen atoms in total. The van der Waals surface area contributed by atoms with Gasteiger partial charge in [-0.25, -0.2) is 4.79 Å². The molecule has 0 heterocycles. The predicted octanol–water partition coefficient (Wildman–Crippen LogP) is 6.97. The number of ketones is 2. The van der Waals surface area contributed by atoms with Crippen molar-refractivity contribution in [2.45, 2.75) is 19.0 Å². The van der Waals surface area contributed by atoms with Crippen LogP contribution < -0.4 is 10.6 Å². The Bertz CT molecular complexity index is 1740. The molecule has 0 aliphatic heterocycles. The van der Waals surface area contributed by atoms with Gasteiger partial charge in [0.25, 0.3) is 0 Å². The molecule has 5 aromatic carbocycles. The lowest BCUT2D eigenvalue weighted by Crippen LogP contribution is -2.41. The molecule has 5 aromatic rings. The summed E-state index contributed by atoms with van der Waals surface area (Å²) in [5, 5.41) is 17.0. The summed E-state index contributed by atoms with van der Waals surface area (Å²) in [7, 11) is 0. The number of para-hydroxylation sites is 1. The van der Waals surface area contributed by atoms with Gasteiger partial charge in [-0.05, 0) is 41.3 Å². The van der Waals surface area contributed by atoms with Crippen LogP contribution in [0, 0.1) is 0 Å². The molecule has 3 N–H and O–H groups in total. The van der Waals surface area contributed by atoms with Crippen molar-refractivity contribution in [1.29, 1.82) is 0 Å². The molecule has 1 atom stereocenters. The predicted molar refractivity (Wildman–Crippen MR) is 169 cm³/mol. The number of benzene rings is 5. The molecule has 1 unspecified atom stereocenters. The molecule has 0 saturated heterocycles. The van der Waals surface area contributed by atoms with Gasteiger partial charge in [-0.15, -0.1) is 0 Å². The van der Waals surface area contributed by atoms with Crippen molar-refractivity contribution in [3.8, 4) is 11.1 Å². The maximum absolute atomic E-state index is 13.4. The number of carbonyl (C=O) groups excluding carboxylic acids is 2. The van der Waals surface area contributed by atoms with Gasteiger partial charge in [-0.3, -0.25) is 9.59 Å². The zero-order valence-electron chi connectivity index (χ0n) is 23.8. The van der Waals surface area contributed by atoms with E-state index in [1.165, 1.54) is 0 Å². The molecule has 214 valence electrons. The minimum absolute atomic E-state index is 0.0326. The number of carboxylic acids is 1. The molecule has 0 saturated carbocycles. The van der Waals surface area contributed by atoms with Crippen LogP contribution in [0.4, 0.5) is 5.69 Å². The first-order valence-corrected chi connectivity index (χ1v) is 14.0. The summed E-state index contributed by atoms with van der Waals surface area (Å²) >= 11 is 0. The van der Waals surface area contributed by atoms with Crippen molar-refractivity contribution in [3.63, 3.8) is 0 Å². The molecule has 0 amide bonds. The maximum Gasteiger partial charge on any atom is 0.333 e. The standard InChI is InChI=1S/C37H32N2O4/c1-37(36(42)43,39-33-20-12-11-19-32(33)35(41)28-17-9-4-10-18-28)30-21-22-31(26-13-5-2-6-14-26)29(23-30)24-38-25-34(40)27-15-7-3-8-16-27/h2-23,38-39H,24-25H2,1H3,(H,42,43). The van der Waals surface area contributed by atoms with Gasteiger partial charge >= 0.3 is 5.97 Å². The SMILES string of the molecule is CC(Nc1ccccc1C(=O)c1ccccc1)(C(=O)O)c1ccc(-c2ccccc2)c(CNCC(=O)c2ccccc2)c1. The lowest BCUT2D eigenvalue weighted by Gasteiger charge is -2.30. The zero-order chi connectivity index (χ0) is 30.2. The average Bonchev–Trinajstić information content (AvgIpc) is 3.05. The number of nitrogens with one attached hydrogen (secondary N) is 2. The van der Waals surface area contributed by atoms with Gasteiger partial charge in [0.2, 0.25) is 0 Å². The van der Waals surface area contributed by atoms with Gasteiger partial charge < -0.3 is 15.7 Å². The molecule has 0 spiro atoms. The summed E-state index contributed by atoms with van der Waals surface area (Å²) in [6, 6.07) is 40.3. The van der Waals surface area contributed by atoms with E-state index < -0.39 is 11.5 Å². The molecule has 0 bridgehead atoms. The van der Waals surface area contributed by atoms with E-state index in [1.54, 1.807) is 73.7 Å². The summed E-state index contributed by atoms with van der Waals surface area (Å²) in [6.07, 6.45) is 0. The number of Topliss-reactive ketones (excluding diaryl/α,β-unsaturated/α-hetero) is 1. The van der Waals surface area contributed by atoms with Crippen LogP contribution in [-0.4, -0.2) is 29.2 Å². The van der Waals surface area contributed by atoms with Crippen LogP contribution in [-0.2, 0) is 16.9 Å². The van der Waals surface area contributed by atoms with E-state index in [1.807, 2.05) is 66.7 Å². The Kier molecular flexibility index (Phi) is 8.89. The molecule has 6 heteroatoms. The van der Waals surface area contributed by atoms with Crippen LogP contribution in [0.25, 0.3) is 11.1 Å². The Morgan fingerprint density at radius 3 is 1.93 bits per heavy atom. The van der Waals surface area contributed by atoms with Crippen molar-refractivity contribution >= 4 is 23.2 Å². The zero-order valence-corrected chi connectivity index (χ0v) is 23.8. The Morgan fingerprint density at radius 1 is 0.698 bits per heavy atom. The second-order valence-electron chi connectivity index (χ2n) is 10.4. The number of carbonyl (C=O) groups is 3. The quantitative estimate of drug-likeness (QED) is 0.141. The summed E-state index contributed by atoms with van der Waals surface area (Å²) < 4.78 is 0. The third-order valence-corrected chi connectivity index (χ3v) is 7.48. The third-order valence-electron chi connectivity index (χ3n) is 7.48. The van der Waals surface area contributed by atoms with E-state index in [0.717, 1.165) is 16.7 Å². The second kappa shape index (κ2) is 13.1. The topological polar surface area (TPSA) is 95.5 Å². The monoisotopic (exact) mass is 568 g/mol. The Hall–Kier alpha value is -5.33. The smallest absolute Gasteiger partial charge is 0.333 e. The van der Waals surface area contributed by atoms with Gasteiger partial charge in [0, 0.05) is 28.9 Å². The van der Waals surface area contributed by atoms with Crippen molar-refractivity contribution in [2.75, 3.05) is 11.9 Å². The first-order chi connectivity index (χ1) is 20.9. The van der Waals surface area contributed by atoms with Crippen molar-refractivity contribution < 1.29 is 19.5 Å². The van der Waals surface area contributed by atoms with Crippen LogP contribution in [0.5, 0.6) is 0 Å².